The number of carbonyl (C=O) groups is 1. The van der Waals surface area contributed by atoms with Crippen molar-refractivity contribution in [2.75, 3.05) is 6.61 Å². The fourth-order valence-electron chi connectivity index (χ4n) is 2.28. The first-order valence-electron chi connectivity index (χ1n) is 7.54. The Morgan fingerprint density at radius 3 is 2.50 bits per heavy atom. The van der Waals surface area contributed by atoms with Gasteiger partial charge in [-0.15, -0.1) is 11.6 Å². The predicted octanol–water partition coefficient (Wildman–Crippen LogP) is 5.12. The van der Waals surface area contributed by atoms with Gasteiger partial charge >= 0.3 is 5.97 Å². The number of hydrogen-bond donors (Lipinski definition) is 0. The highest BCUT2D eigenvalue weighted by molar-refractivity contribution is 6.20. The van der Waals surface area contributed by atoms with Crippen LogP contribution in [0.25, 0.3) is 0 Å². The Balaban J connectivity index is 2.60. The van der Waals surface area contributed by atoms with Gasteiger partial charge in [0.15, 0.2) is 0 Å². The first-order chi connectivity index (χ1) is 9.69. The summed E-state index contributed by atoms with van der Waals surface area (Å²) in [5, 5.41) is -0.132. The molecule has 2 atom stereocenters. The molecule has 112 valence electrons. The first kappa shape index (κ1) is 17.0. The van der Waals surface area contributed by atoms with E-state index in [2.05, 4.69) is 6.92 Å². The third-order valence-electron chi connectivity index (χ3n) is 3.43. The van der Waals surface area contributed by atoms with Gasteiger partial charge in [0.1, 0.15) is 0 Å². The molecular formula is C17H25ClO2. The van der Waals surface area contributed by atoms with Gasteiger partial charge in [-0.1, -0.05) is 56.5 Å². The highest BCUT2D eigenvalue weighted by Crippen LogP contribution is 2.30. The Hall–Kier alpha value is -1.02. The van der Waals surface area contributed by atoms with Crippen LogP contribution in [0.2, 0.25) is 0 Å². The van der Waals surface area contributed by atoms with Crippen molar-refractivity contribution in [3.63, 3.8) is 0 Å². The van der Waals surface area contributed by atoms with Gasteiger partial charge < -0.3 is 4.74 Å². The van der Waals surface area contributed by atoms with Crippen LogP contribution in [-0.4, -0.2) is 12.6 Å². The first-order valence-corrected chi connectivity index (χ1v) is 7.98. The molecule has 1 aromatic carbocycles. The topological polar surface area (TPSA) is 26.3 Å². The molecule has 0 N–H and O–H groups in total. The summed E-state index contributed by atoms with van der Waals surface area (Å²) in [5.41, 5.74) is 1.07. The standard InChI is InChI=1S/C17H25ClO2/c1-3-5-7-12-15(17(19)20-4-2)13-16(18)14-10-8-6-9-11-14/h6,8-11,15-16H,3-5,7,12-13H2,1-2H3. The van der Waals surface area contributed by atoms with Crippen LogP contribution in [0.4, 0.5) is 0 Å². The van der Waals surface area contributed by atoms with E-state index in [1.807, 2.05) is 37.3 Å². The van der Waals surface area contributed by atoms with Crippen molar-refractivity contribution in [3.8, 4) is 0 Å². The molecular weight excluding hydrogens is 272 g/mol. The summed E-state index contributed by atoms with van der Waals surface area (Å²) in [6, 6.07) is 9.93. The Bertz CT molecular complexity index is 378. The maximum atomic E-state index is 12.0. The zero-order chi connectivity index (χ0) is 14.8. The molecule has 0 aromatic heterocycles. The van der Waals surface area contributed by atoms with E-state index in [1.165, 1.54) is 0 Å². The Kier molecular flexibility index (Phi) is 8.36. The average molecular weight is 297 g/mol. The third kappa shape index (κ3) is 5.96. The lowest BCUT2D eigenvalue weighted by Gasteiger charge is -2.18. The summed E-state index contributed by atoms with van der Waals surface area (Å²) in [6.45, 7) is 4.44. The lowest BCUT2D eigenvalue weighted by molar-refractivity contribution is -0.148. The van der Waals surface area contributed by atoms with E-state index in [0.29, 0.717) is 13.0 Å². The molecule has 3 heteroatoms. The molecule has 0 radical (unpaired) electrons. The van der Waals surface area contributed by atoms with Crippen LogP contribution in [0.3, 0.4) is 0 Å². The SMILES string of the molecule is CCCCCC(CC(Cl)c1ccccc1)C(=O)OCC. The van der Waals surface area contributed by atoms with Crippen molar-refractivity contribution in [2.24, 2.45) is 5.92 Å². The van der Waals surface area contributed by atoms with Crippen molar-refractivity contribution < 1.29 is 9.53 Å². The minimum absolute atomic E-state index is 0.0933. The third-order valence-corrected chi connectivity index (χ3v) is 3.86. The fraction of sp³-hybridized carbons (Fsp3) is 0.588. The van der Waals surface area contributed by atoms with Crippen LogP contribution >= 0.6 is 11.6 Å². The van der Waals surface area contributed by atoms with Crippen LogP contribution in [-0.2, 0) is 9.53 Å². The molecule has 0 saturated carbocycles. The monoisotopic (exact) mass is 296 g/mol. The van der Waals surface area contributed by atoms with Gasteiger partial charge in [-0.2, -0.15) is 0 Å². The van der Waals surface area contributed by atoms with E-state index in [9.17, 15) is 4.79 Å². The number of halogens is 1. The van der Waals surface area contributed by atoms with Gasteiger partial charge in [0.2, 0.25) is 0 Å². The largest absolute Gasteiger partial charge is 0.466 e. The molecule has 2 unspecified atom stereocenters. The van der Waals surface area contributed by atoms with Crippen molar-refractivity contribution >= 4 is 17.6 Å². The van der Waals surface area contributed by atoms with Gasteiger partial charge in [-0.3, -0.25) is 4.79 Å². The highest BCUT2D eigenvalue weighted by Gasteiger charge is 2.23. The average Bonchev–Trinajstić information content (AvgIpc) is 2.47. The van der Waals surface area contributed by atoms with Crippen LogP contribution in [0, 0.1) is 5.92 Å². The van der Waals surface area contributed by atoms with E-state index < -0.39 is 0 Å². The smallest absolute Gasteiger partial charge is 0.308 e. The second-order valence-corrected chi connectivity index (χ2v) is 5.59. The second-order valence-electron chi connectivity index (χ2n) is 5.06. The van der Waals surface area contributed by atoms with Gasteiger partial charge in [0, 0.05) is 0 Å². The Morgan fingerprint density at radius 1 is 1.20 bits per heavy atom. The maximum absolute atomic E-state index is 12.0. The van der Waals surface area contributed by atoms with Gasteiger partial charge in [-0.25, -0.2) is 0 Å². The zero-order valence-electron chi connectivity index (χ0n) is 12.5. The number of alkyl halides is 1. The molecule has 0 aliphatic carbocycles. The quantitative estimate of drug-likeness (QED) is 0.359. The van der Waals surface area contributed by atoms with Crippen molar-refractivity contribution in [1.29, 1.82) is 0 Å². The molecule has 0 bridgehead atoms. The fourth-order valence-corrected chi connectivity index (χ4v) is 2.64. The number of rotatable bonds is 9. The Labute approximate surface area is 127 Å². The summed E-state index contributed by atoms with van der Waals surface area (Å²) in [6.07, 6.45) is 4.86. The molecule has 0 amide bonds. The number of unbranched alkanes of at least 4 members (excludes halogenated alkanes) is 2. The molecule has 0 saturated heterocycles. The van der Waals surface area contributed by atoms with E-state index in [4.69, 9.17) is 16.3 Å². The molecule has 0 aliphatic rings. The predicted molar refractivity (Wildman–Crippen MR) is 83.9 cm³/mol. The molecule has 0 heterocycles. The van der Waals surface area contributed by atoms with Crippen LogP contribution in [0.1, 0.15) is 56.9 Å². The second kappa shape index (κ2) is 9.82. The van der Waals surface area contributed by atoms with Crippen LogP contribution < -0.4 is 0 Å². The van der Waals surface area contributed by atoms with E-state index in [0.717, 1.165) is 31.2 Å². The summed E-state index contributed by atoms with van der Waals surface area (Å²) in [4.78, 5) is 12.0. The van der Waals surface area contributed by atoms with Crippen molar-refractivity contribution in [3.05, 3.63) is 35.9 Å². The zero-order valence-corrected chi connectivity index (χ0v) is 13.2. The minimum Gasteiger partial charge on any atom is -0.466 e. The number of hydrogen-bond acceptors (Lipinski definition) is 2. The van der Waals surface area contributed by atoms with E-state index in [1.54, 1.807) is 0 Å². The molecule has 20 heavy (non-hydrogen) atoms. The van der Waals surface area contributed by atoms with Crippen LogP contribution in [0.5, 0.6) is 0 Å². The number of benzene rings is 1. The number of carbonyl (C=O) groups excluding carboxylic acids is 1. The molecule has 1 aromatic rings. The van der Waals surface area contributed by atoms with E-state index >= 15 is 0 Å². The maximum Gasteiger partial charge on any atom is 0.308 e. The normalized spacial score (nSPS) is 13.8. The van der Waals surface area contributed by atoms with Crippen molar-refractivity contribution in [1.82, 2.24) is 0 Å². The molecule has 0 aliphatic heterocycles. The lowest BCUT2D eigenvalue weighted by Crippen LogP contribution is -2.19. The molecule has 0 fully saturated rings. The highest BCUT2D eigenvalue weighted by atomic mass is 35.5. The van der Waals surface area contributed by atoms with Gasteiger partial charge in [0.25, 0.3) is 0 Å². The summed E-state index contributed by atoms with van der Waals surface area (Å²) in [7, 11) is 0. The number of esters is 1. The van der Waals surface area contributed by atoms with E-state index in [-0.39, 0.29) is 17.3 Å². The Morgan fingerprint density at radius 2 is 1.90 bits per heavy atom. The van der Waals surface area contributed by atoms with Gasteiger partial charge in [0.05, 0.1) is 17.9 Å². The summed E-state index contributed by atoms with van der Waals surface area (Å²) in [5.74, 6) is -0.200. The molecule has 2 nitrogen and oxygen atoms in total. The van der Waals surface area contributed by atoms with Crippen molar-refractivity contribution in [2.45, 2.75) is 51.3 Å². The van der Waals surface area contributed by atoms with Gasteiger partial charge in [-0.05, 0) is 25.3 Å². The molecule has 0 spiro atoms. The van der Waals surface area contributed by atoms with Crippen LogP contribution in [0.15, 0.2) is 30.3 Å². The summed E-state index contributed by atoms with van der Waals surface area (Å²) < 4.78 is 5.17. The summed E-state index contributed by atoms with van der Waals surface area (Å²) >= 11 is 6.45. The number of ether oxygens (including phenoxy) is 1. The molecule has 1 rings (SSSR count). The lowest BCUT2D eigenvalue weighted by atomic mass is 9.94. The minimum atomic E-state index is -0.132.